The first-order valence-corrected chi connectivity index (χ1v) is 9.08. The van der Waals surface area contributed by atoms with Crippen LogP contribution in [0.4, 0.5) is 5.69 Å². The molecule has 0 bridgehead atoms. The van der Waals surface area contributed by atoms with Crippen LogP contribution in [0.1, 0.15) is 25.0 Å². The van der Waals surface area contributed by atoms with Gasteiger partial charge in [-0.15, -0.1) is 0 Å². The molecule has 1 heterocycles. The molecule has 1 aliphatic rings. The molecule has 0 saturated carbocycles. The van der Waals surface area contributed by atoms with Crippen molar-refractivity contribution in [3.8, 4) is 5.75 Å². The minimum absolute atomic E-state index is 0.272. The molecule has 0 atom stereocenters. The number of amides is 1. The van der Waals surface area contributed by atoms with Crippen LogP contribution in [-0.4, -0.2) is 26.1 Å². The zero-order valence-corrected chi connectivity index (χ0v) is 16.5. The maximum absolute atomic E-state index is 13.2. The highest BCUT2D eigenvalue weighted by Crippen LogP contribution is 2.36. The van der Waals surface area contributed by atoms with Gasteiger partial charge in [0, 0.05) is 11.8 Å². The number of anilines is 1. The van der Waals surface area contributed by atoms with Gasteiger partial charge in [-0.05, 0) is 42.7 Å². The Bertz CT molecular complexity index is 970. The van der Waals surface area contributed by atoms with E-state index in [1.54, 1.807) is 44.4 Å². The van der Waals surface area contributed by atoms with Crippen LogP contribution in [0.2, 0.25) is 0 Å². The van der Waals surface area contributed by atoms with E-state index >= 15 is 0 Å². The van der Waals surface area contributed by atoms with Crippen LogP contribution >= 0.6 is 0 Å². The first-order chi connectivity index (χ1) is 13.5. The second kappa shape index (κ2) is 8.13. The predicted molar refractivity (Wildman–Crippen MR) is 109 cm³/mol. The standard InChI is InChI=1S/C23H23NO4/c1-5-16-9-11-17(12-10-16)13-20-21(23(26)28-4)15(2)24(22(20)25)18-7-6-8-19(14-18)27-3/h6-14H,5H2,1-4H3/b20-13-. The molecule has 144 valence electrons. The number of methoxy groups -OCH3 is 2. The lowest BCUT2D eigenvalue weighted by Crippen LogP contribution is -2.24. The van der Waals surface area contributed by atoms with Crippen LogP contribution in [0.5, 0.6) is 5.75 Å². The molecule has 3 rings (SSSR count). The van der Waals surface area contributed by atoms with Gasteiger partial charge in [-0.3, -0.25) is 9.69 Å². The predicted octanol–water partition coefficient (Wildman–Crippen LogP) is 4.13. The van der Waals surface area contributed by atoms with Crippen LogP contribution in [-0.2, 0) is 20.7 Å². The molecule has 5 nitrogen and oxygen atoms in total. The number of rotatable bonds is 5. The largest absolute Gasteiger partial charge is 0.497 e. The third-order valence-corrected chi connectivity index (χ3v) is 4.80. The lowest BCUT2D eigenvalue weighted by Gasteiger charge is -2.18. The summed E-state index contributed by atoms with van der Waals surface area (Å²) < 4.78 is 10.2. The monoisotopic (exact) mass is 377 g/mol. The smallest absolute Gasteiger partial charge is 0.340 e. The number of esters is 1. The van der Waals surface area contributed by atoms with Gasteiger partial charge in [0.15, 0.2) is 0 Å². The molecule has 0 fully saturated rings. The van der Waals surface area contributed by atoms with E-state index in [1.165, 1.54) is 17.6 Å². The van der Waals surface area contributed by atoms with Gasteiger partial charge >= 0.3 is 5.97 Å². The van der Waals surface area contributed by atoms with Crippen molar-refractivity contribution in [3.05, 3.63) is 76.5 Å². The number of carbonyl (C=O) groups excluding carboxylic acids is 2. The highest BCUT2D eigenvalue weighted by Gasteiger charge is 2.38. The van der Waals surface area contributed by atoms with Crippen molar-refractivity contribution in [2.24, 2.45) is 0 Å². The summed E-state index contributed by atoms with van der Waals surface area (Å²) in [6.07, 6.45) is 2.67. The van der Waals surface area contributed by atoms with E-state index in [-0.39, 0.29) is 11.5 Å². The fourth-order valence-electron chi connectivity index (χ4n) is 3.26. The minimum atomic E-state index is -0.535. The molecule has 28 heavy (non-hydrogen) atoms. The van der Waals surface area contributed by atoms with Crippen molar-refractivity contribution in [2.45, 2.75) is 20.3 Å². The summed E-state index contributed by atoms with van der Waals surface area (Å²) in [4.78, 5) is 27.2. The Kier molecular flexibility index (Phi) is 5.64. The fraction of sp³-hybridized carbons (Fsp3) is 0.217. The van der Waals surface area contributed by atoms with Crippen molar-refractivity contribution in [3.63, 3.8) is 0 Å². The van der Waals surface area contributed by atoms with Crippen molar-refractivity contribution < 1.29 is 19.1 Å². The molecule has 0 N–H and O–H groups in total. The maximum atomic E-state index is 13.2. The van der Waals surface area contributed by atoms with E-state index in [9.17, 15) is 9.59 Å². The van der Waals surface area contributed by atoms with Crippen LogP contribution in [0, 0.1) is 0 Å². The second-order valence-corrected chi connectivity index (χ2v) is 6.45. The number of hydrogen-bond acceptors (Lipinski definition) is 4. The molecule has 0 saturated heterocycles. The highest BCUT2D eigenvalue weighted by molar-refractivity contribution is 6.23. The third kappa shape index (κ3) is 3.56. The van der Waals surface area contributed by atoms with Crippen LogP contribution in [0.15, 0.2) is 65.4 Å². The molecule has 5 heteroatoms. The molecule has 1 aliphatic heterocycles. The summed E-state index contributed by atoms with van der Waals surface area (Å²) in [5, 5.41) is 0. The molecule has 2 aromatic rings. The van der Waals surface area contributed by atoms with Gasteiger partial charge in [0.05, 0.1) is 31.1 Å². The Morgan fingerprint density at radius 1 is 1.11 bits per heavy atom. The Hall–Kier alpha value is -3.34. The van der Waals surface area contributed by atoms with E-state index in [1.807, 2.05) is 24.3 Å². The molecule has 0 spiro atoms. The SMILES string of the molecule is CCc1ccc(/C=C2\C(=O)N(c3cccc(OC)c3)C(C)=C2C(=O)OC)cc1. The van der Waals surface area contributed by atoms with Gasteiger partial charge in [0.2, 0.25) is 0 Å². The first-order valence-electron chi connectivity index (χ1n) is 9.08. The fourth-order valence-corrected chi connectivity index (χ4v) is 3.26. The highest BCUT2D eigenvalue weighted by atomic mass is 16.5. The molecule has 2 aromatic carbocycles. The Morgan fingerprint density at radius 2 is 1.82 bits per heavy atom. The Balaban J connectivity index is 2.10. The van der Waals surface area contributed by atoms with Crippen molar-refractivity contribution >= 4 is 23.6 Å². The lowest BCUT2D eigenvalue weighted by molar-refractivity contribution is -0.136. The number of ether oxygens (including phenoxy) is 2. The maximum Gasteiger partial charge on any atom is 0.340 e. The molecular weight excluding hydrogens is 354 g/mol. The zero-order valence-electron chi connectivity index (χ0n) is 16.5. The molecule has 1 amide bonds. The number of carbonyl (C=O) groups is 2. The summed E-state index contributed by atoms with van der Waals surface area (Å²) in [5.41, 5.74) is 3.81. The van der Waals surface area contributed by atoms with Crippen LogP contribution < -0.4 is 9.64 Å². The van der Waals surface area contributed by atoms with Crippen molar-refractivity contribution in [1.29, 1.82) is 0 Å². The zero-order chi connectivity index (χ0) is 20.3. The number of allylic oxidation sites excluding steroid dienone is 1. The van der Waals surface area contributed by atoms with Crippen molar-refractivity contribution in [2.75, 3.05) is 19.1 Å². The summed E-state index contributed by atoms with van der Waals surface area (Å²) in [6.45, 7) is 3.83. The van der Waals surface area contributed by atoms with E-state index in [2.05, 4.69) is 6.92 Å². The van der Waals surface area contributed by atoms with Gasteiger partial charge in [-0.25, -0.2) is 4.79 Å². The van der Waals surface area contributed by atoms with E-state index in [0.29, 0.717) is 22.7 Å². The molecule has 0 aromatic heterocycles. The first kappa shape index (κ1) is 19.4. The average molecular weight is 377 g/mol. The molecule has 0 aliphatic carbocycles. The second-order valence-electron chi connectivity index (χ2n) is 6.45. The third-order valence-electron chi connectivity index (χ3n) is 4.80. The van der Waals surface area contributed by atoms with Gasteiger partial charge in [0.1, 0.15) is 5.75 Å². The van der Waals surface area contributed by atoms with Crippen LogP contribution in [0.3, 0.4) is 0 Å². The summed E-state index contributed by atoms with van der Waals surface area (Å²) in [5.74, 6) is -0.177. The average Bonchev–Trinajstić information content (AvgIpc) is 2.97. The lowest BCUT2D eigenvalue weighted by atomic mass is 10.0. The molecule has 0 unspecified atom stereocenters. The molecule has 0 radical (unpaired) electrons. The topological polar surface area (TPSA) is 55.8 Å². The van der Waals surface area contributed by atoms with E-state index < -0.39 is 5.97 Å². The van der Waals surface area contributed by atoms with Gasteiger partial charge in [-0.2, -0.15) is 0 Å². The number of hydrogen-bond donors (Lipinski definition) is 0. The normalized spacial score (nSPS) is 15.4. The van der Waals surface area contributed by atoms with Crippen LogP contribution in [0.25, 0.3) is 6.08 Å². The van der Waals surface area contributed by atoms with Gasteiger partial charge in [-0.1, -0.05) is 37.3 Å². The quantitative estimate of drug-likeness (QED) is 0.581. The summed E-state index contributed by atoms with van der Waals surface area (Å²) >= 11 is 0. The minimum Gasteiger partial charge on any atom is -0.497 e. The van der Waals surface area contributed by atoms with Gasteiger partial charge in [0.25, 0.3) is 5.91 Å². The number of aryl methyl sites for hydroxylation is 1. The Labute approximate surface area is 164 Å². The molecular formula is C23H23NO4. The Morgan fingerprint density at radius 3 is 2.43 bits per heavy atom. The van der Waals surface area contributed by atoms with E-state index in [4.69, 9.17) is 9.47 Å². The number of benzene rings is 2. The summed E-state index contributed by atoms with van der Waals surface area (Å²) in [6, 6.07) is 15.1. The summed E-state index contributed by atoms with van der Waals surface area (Å²) in [7, 11) is 2.88. The van der Waals surface area contributed by atoms with Gasteiger partial charge < -0.3 is 9.47 Å². The number of nitrogens with zero attached hydrogens (tertiary/aromatic N) is 1. The van der Waals surface area contributed by atoms with E-state index in [0.717, 1.165) is 12.0 Å². The van der Waals surface area contributed by atoms with Crippen molar-refractivity contribution in [1.82, 2.24) is 0 Å².